The lowest BCUT2D eigenvalue weighted by Crippen LogP contribution is -2.34. The Balaban J connectivity index is 1.64. The molecule has 0 bridgehead atoms. The molecule has 102 valence electrons. The first kappa shape index (κ1) is 13.3. The fraction of sp³-hybridized carbons (Fsp3) is 0.833. The molecule has 1 saturated carbocycles. The van der Waals surface area contributed by atoms with E-state index in [4.69, 9.17) is 18.9 Å². The molecule has 1 aliphatic carbocycles. The van der Waals surface area contributed by atoms with Crippen molar-refractivity contribution >= 4 is 11.9 Å². The van der Waals surface area contributed by atoms with Gasteiger partial charge in [0.15, 0.2) is 0 Å². The second-order valence-corrected chi connectivity index (χ2v) is 4.54. The van der Waals surface area contributed by atoms with E-state index in [1.165, 1.54) is 0 Å². The number of ether oxygens (including phenoxy) is 4. The number of hydrogen-bond donors (Lipinski definition) is 0. The highest BCUT2D eigenvalue weighted by Gasteiger charge is 2.24. The molecule has 1 heterocycles. The van der Waals surface area contributed by atoms with E-state index in [0.29, 0.717) is 13.2 Å². The van der Waals surface area contributed by atoms with Crippen LogP contribution >= 0.6 is 0 Å². The van der Waals surface area contributed by atoms with E-state index >= 15 is 0 Å². The lowest BCUT2D eigenvalue weighted by atomic mass is 10.3. The minimum atomic E-state index is -0.586. The molecular formula is C12H18O6. The van der Waals surface area contributed by atoms with Crippen molar-refractivity contribution in [2.24, 2.45) is 0 Å². The maximum Gasteiger partial charge on any atom is 0.317 e. The third-order valence-corrected chi connectivity index (χ3v) is 2.96. The molecule has 0 unspecified atom stereocenters. The zero-order chi connectivity index (χ0) is 12.8. The zero-order valence-corrected chi connectivity index (χ0v) is 10.3. The molecule has 1 aliphatic heterocycles. The fourth-order valence-corrected chi connectivity index (χ4v) is 2.11. The Labute approximate surface area is 106 Å². The molecule has 2 rings (SSSR count). The van der Waals surface area contributed by atoms with Crippen LogP contribution in [-0.4, -0.2) is 44.2 Å². The lowest BCUT2D eigenvalue weighted by molar-refractivity contribution is -0.185. The van der Waals surface area contributed by atoms with Gasteiger partial charge in [0.2, 0.25) is 0 Å². The van der Waals surface area contributed by atoms with Crippen molar-refractivity contribution in [1.29, 1.82) is 0 Å². The summed E-state index contributed by atoms with van der Waals surface area (Å²) in [6.45, 7) is 0.838. The molecule has 0 N–H and O–H groups in total. The first-order valence-electron chi connectivity index (χ1n) is 6.28. The topological polar surface area (TPSA) is 71.1 Å². The van der Waals surface area contributed by atoms with Crippen LogP contribution in [0.4, 0.5) is 0 Å². The molecule has 0 spiro atoms. The van der Waals surface area contributed by atoms with Crippen LogP contribution in [0.25, 0.3) is 0 Å². The predicted molar refractivity (Wildman–Crippen MR) is 59.6 cm³/mol. The normalized spacial score (nSPS) is 21.8. The number of esters is 2. The Morgan fingerprint density at radius 3 is 2.11 bits per heavy atom. The van der Waals surface area contributed by atoms with E-state index in [1.807, 2.05) is 0 Å². The van der Waals surface area contributed by atoms with Crippen molar-refractivity contribution in [2.45, 2.75) is 44.3 Å². The molecule has 0 amide bonds. The summed E-state index contributed by atoms with van der Waals surface area (Å²) in [5.74, 6) is -1.10. The Morgan fingerprint density at radius 1 is 0.944 bits per heavy atom. The molecule has 0 radical (unpaired) electrons. The van der Waals surface area contributed by atoms with Gasteiger partial charge in [-0.3, -0.25) is 9.59 Å². The summed E-state index contributed by atoms with van der Waals surface area (Å²) < 4.78 is 20.2. The van der Waals surface area contributed by atoms with E-state index in [2.05, 4.69) is 0 Å². The summed E-state index contributed by atoms with van der Waals surface area (Å²) in [6, 6.07) is 0. The SMILES string of the molecule is O=C(CC(=O)OC1COCOC1)OC1CCCC1. The Kier molecular flexibility index (Phi) is 4.95. The average molecular weight is 258 g/mol. The Hall–Kier alpha value is -1.14. The van der Waals surface area contributed by atoms with Gasteiger partial charge in [-0.1, -0.05) is 0 Å². The summed E-state index contributed by atoms with van der Waals surface area (Å²) >= 11 is 0. The summed E-state index contributed by atoms with van der Waals surface area (Å²) in [5, 5.41) is 0. The van der Waals surface area contributed by atoms with Crippen LogP contribution in [0.5, 0.6) is 0 Å². The van der Waals surface area contributed by atoms with Gasteiger partial charge >= 0.3 is 11.9 Å². The maximum absolute atomic E-state index is 11.5. The van der Waals surface area contributed by atoms with Gasteiger partial charge in [-0.05, 0) is 25.7 Å². The molecule has 0 aromatic heterocycles. The van der Waals surface area contributed by atoms with E-state index in [0.717, 1.165) is 25.7 Å². The number of carbonyl (C=O) groups excluding carboxylic acids is 2. The van der Waals surface area contributed by atoms with E-state index < -0.39 is 18.0 Å². The third-order valence-electron chi connectivity index (χ3n) is 2.96. The Morgan fingerprint density at radius 2 is 1.50 bits per heavy atom. The standard InChI is InChI=1S/C12H18O6/c13-11(17-9-3-1-2-4-9)5-12(14)18-10-6-15-8-16-7-10/h9-10H,1-8H2. The van der Waals surface area contributed by atoms with Gasteiger partial charge in [-0.25, -0.2) is 0 Å². The van der Waals surface area contributed by atoms with Crippen LogP contribution < -0.4 is 0 Å². The molecule has 6 heteroatoms. The quantitative estimate of drug-likeness (QED) is 0.548. The molecule has 2 aliphatic rings. The molecule has 0 aromatic rings. The van der Waals surface area contributed by atoms with Gasteiger partial charge < -0.3 is 18.9 Å². The van der Waals surface area contributed by atoms with Crippen LogP contribution in [0.3, 0.4) is 0 Å². The van der Waals surface area contributed by atoms with Gasteiger partial charge in [0.05, 0.1) is 13.2 Å². The number of carbonyl (C=O) groups is 2. The summed E-state index contributed by atoms with van der Waals surface area (Å²) in [5.41, 5.74) is 0. The van der Waals surface area contributed by atoms with Gasteiger partial charge in [0, 0.05) is 0 Å². The largest absolute Gasteiger partial charge is 0.462 e. The molecule has 0 atom stereocenters. The summed E-state index contributed by atoms with van der Waals surface area (Å²) in [7, 11) is 0. The van der Waals surface area contributed by atoms with Gasteiger partial charge in [-0.2, -0.15) is 0 Å². The minimum Gasteiger partial charge on any atom is -0.462 e. The summed E-state index contributed by atoms with van der Waals surface area (Å²) in [4.78, 5) is 22.9. The monoisotopic (exact) mass is 258 g/mol. The van der Waals surface area contributed by atoms with Gasteiger partial charge in [0.25, 0.3) is 0 Å². The van der Waals surface area contributed by atoms with Crippen molar-refractivity contribution in [3.05, 3.63) is 0 Å². The predicted octanol–water partition coefficient (Wildman–Crippen LogP) is 0.778. The molecular weight excluding hydrogens is 240 g/mol. The van der Waals surface area contributed by atoms with E-state index in [1.54, 1.807) is 0 Å². The number of hydrogen-bond acceptors (Lipinski definition) is 6. The first-order chi connectivity index (χ1) is 8.74. The molecule has 2 fully saturated rings. The Bertz CT molecular complexity index is 291. The lowest BCUT2D eigenvalue weighted by Gasteiger charge is -2.22. The second kappa shape index (κ2) is 6.70. The molecule has 1 saturated heterocycles. The minimum absolute atomic E-state index is 0.0216. The first-order valence-corrected chi connectivity index (χ1v) is 6.28. The van der Waals surface area contributed by atoms with Crippen molar-refractivity contribution < 1.29 is 28.5 Å². The van der Waals surface area contributed by atoms with Gasteiger partial charge in [-0.15, -0.1) is 0 Å². The maximum atomic E-state index is 11.5. The highest BCUT2D eigenvalue weighted by Crippen LogP contribution is 2.21. The number of rotatable bonds is 4. The van der Waals surface area contributed by atoms with Crippen LogP contribution in [0.1, 0.15) is 32.1 Å². The van der Waals surface area contributed by atoms with Crippen LogP contribution in [0, 0.1) is 0 Å². The fourth-order valence-electron chi connectivity index (χ4n) is 2.11. The van der Waals surface area contributed by atoms with E-state index in [-0.39, 0.29) is 19.3 Å². The molecule has 6 nitrogen and oxygen atoms in total. The second-order valence-electron chi connectivity index (χ2n) is 4.54. The molecule has 0 aromatic carbocycles. The smallest absolute Gasteiger partial charge is 0.317 e. The van der Waals surface area contributed by atoms with Crippen molar-refractivity contribution in [3.8, 4) is 0 Å². The van der Waals surface area contributed by atoms with Crippen LogP contribution in [0.15, 0.2) is 0 Å². The van der Waals surface area contributed by atoms with Crippen molar-refractivity contribution in [2.75, 3.05) is 20.0 Å². The van der Waals surface area contributed by atoms with Crippen LogP contribution in [-0.2, 0) is 28.5 Å². The van der Waals surface area contributed by atoms with E-state index in [9.17, 15) is 9.59 Å². The highest BCUT2D eigenvalue weighted by atomic mass is 16.7. The zero-order valence-electron chi connectivity index (χ0n) is 10.3. The van der Waals surface area contributed by atoms with Crippen molar-refractivity contribution in [3.63, 3.8) is 0 Å². The molecule has 18 heavy (non-hydrogen) atoms. The average Bonchev–Trinajstić information content (AvgIpc) is 2.82. The van der Waals surface area contributed by atoms with Gasteiger partial charge in [0.1, 0.15) is 25.4 Å². The highest BCUT2D eigenvalue weighted by molar-refractivity contribution is 5.91. The van der Waals surface area contributed by atoms with Crippen molar-refractivity contribution in [1.82, 2.24) is 0 Å². The third kappa shape index (κ3) is 4.27. The van der Waals surface area contributed by atoms with Crippen LogP contribution in [0.2, 0.25) is 0 Å². The summed E-state index contributed by atoms with van der Waals surface area (Å²) in [6.07, 6.45) is 3.17.